The second kappa shape index (κ2) is 8.04. The molecule has 144 valence electrons. The van der Waals surface area contributed by atoms with Crippen molar-refractivity contribution in [1.29, 1.82) is 0 Å². The van der Waals surface area contributed by atoms with Crippen LogP contribution in [0.15, 0.2) is 48.5 Å². The van der Waals surface area contributed by atoms with Gasteiger partial charge in [-0.25, -0.2) is 0 Å². The summed E-state index contributed by atoms with van der Waals surface area (Å²) in [7, 11) is 3.17. The number of hydrogen-bond donors (Lipinski definition) is 1. The van der Waals surface area contributed by atoms with Crippen LogP contribution >= 0.6 is 0 Å². The fourth-order valence-corrected chi connectivity index (χ4v) is 3.08. The minimum atomic E-state index is -0.441. The van der Waals surface area contributed by atoms with Crippen LogP contribution in [0, 0.1) is 0 Å². The highest BCUT2D eigenvalue weighted by molar-refractivity contribution is 6.11. The quantitative estimate of drug-likeness (QED) is 0.792. The van der Waals surface area contributed by atoms with Gasteiger partial charge >= 0.3 is 0 Å². The Bertz CT molecular complexity index is 937. The Morgan fingerprint density at radius 1 is 1.07 bits per heavy atom. The molecular weight excluding hydrogens is 358 g/mol. The van der Waals surface area contributed by atoms with Gasteiger partial charge in [0, 0.05) is 31.8 Å². The molecule has 1 N–H and O–H groups in total. The average Bonchev–Trinajstić information content (AvgIpc) is 2.70. The molecule has 0 saturated carbocycles. The number of nitrogens with zero attached hydrogens (tertiary/aromatic N) is 2. The van der Waals surface area contributed by atoms with Crippen molar-refractivity contribution in [3.8, 4) is 0 Å². The molecular formula is C21H21N3O4. The molecule has 0 radical (unpaired) electrons. The van der Waals surface area contributed by atoms with Gasteiger partial charge in [0.1, 0.15) is 6.54 Å². The van der Waals surface area contributed by atoms with E-state index < -0.39 is 5.91 Å². The third-order valence-corrected chi connectivity index (χ3v) is 4.72. The molecule has 0 spiro atoms. The number of imide groups is 1. The molecule has 7 heteroatoms. The van der Waals surface area contributed by atoms with Crippen molar-refractivity contribution in [2.75, 3.05) is 20.6 Å². The smallest absolute Gasteiger partial charge is 0.261 e. The fourth-order valence-electron chi connectivity index (χ4n) is 3.08. The maximum atomic E-state index is 12.6. The highest BCUT2D eigenvalue weighted by Crippen LogP contribution is 2.19. The molecule has 28 heavy (non-hydrogen) atoms. The van der Waals surface area contributed by atoms with Gasteiger partial charge in [-0.1, -0.05) is 30.3 Å². The number of fused-ring (bicyclic) bond motifs is 1. The van der Waals surface area contributed by atoms with E-state index in [1.165, 1.54) is 4.90 Å². The minimum absolute atomic E-state index is 0.111. The summed E-state index contributed by atoms with van der Waals surface area (Å²) in [5, 5.41) is 2.55. The Kier molecular flexibility index (Phi) is 5.54. The van der Waals surface area contributed by atoms with Gasteiger partial charge in [-0.05, 0) is 29.3 Å². The molecule has 0 fully saturated rings. The zero-order valence-electron chi connectivity index (χ0n) is 15.8. The van der Waals surface area contributed by atoms with Gasteiger partial charge in [-0.2, -0.15) is 0 Å². The van der Waals surface area contributed by atoms with E-state index in [9.17, 15) is 19.2 Å². The van der Waals surface area contributed by atoms with Gasteiger partial charge in [0.15, 0.2) is 0 Å². The van der Waals surface area contributed by atoms with Gasteiger partial charge < -0.3 is 10.2 Å². The Morgan fingerprint density at radius 3 is 2.43 bits per heavy atom. The summed E-state index contributed by atoms with van der Waals surface area (Å²) in [6.07, 6.45) is 0.111. The highest BCUT2D eigenvalue weighted by atomic mass is 16.2. The Labute approximate surface area is 162 Å². The summed E-state index contributed by atoms with van der Waals surface area (Å²) >= 11 is 0. The second-order valence-electron chi connectivity index (χ2n) is 6.64. The Morgan fingerprint density at radius 2 is 1.75 bits per heavy atom. The van der Waals surface area contributed by atoms with Crippen LogP contribution < -0.4 is 5.32 Å². The first-order valence-corrected chi connectivity index (χ1v) is 8.88. The largest absolute Gasteiger partial charge is 0.355 e. The molecule has 1 aliphatic rings. The van der Waals surface area contributed by atoms with Gasteiger partial charge in [0.2, 0.25) is 11.8 Å². The van der Waals surface area contributed by atoms with Crippen LogP contribution in [0.2, 0.25) is 0 Å². The maximum absolute atomic E-state index is 12.6. The molecule has 4 amide bonds. The lowest BCUT2D eigenvalue weighted by Crippen LogP contribution is -2.47. The van der Waals surface area contributed by atoms with Crippen molar-refractivity contribution < 1.29 is 19.2 Å². The van der Waals surface area contributed by atoms with Gasteiger partial charge in [-0.15, -0.1) is 0 Å². The van der Waals surface area contributed by atoms with Crippen LogP contribution in [0.1, 0.15) is 31.8 Å². The Balaban J connectivity index is 1.65. The number of amides is 4. The molecule has 0 atom stereocenters. The number of nitrogens with one attached hydrogen (secondary N) is 1. The molecule has 1 aliphatic heterocycles. The van der Waals surface area contributed by atoms with Crippen molar-refractivity contribution in [2.24, 2.45) is 0 Å². The standard InChI is InChI=1S/C21H21N3O4/c1-22-20(27)15-9-7-14(8-10-15)12-23(2)19(26)13-24-18(25)11-16-5-3-4-6-17(16)21(24)28/h3-10H,11-13H2,1-2H3,(H,22,27). The number of hydrogen-bond acceptors (Lipinski definition) is 4. The SMILES string of the molecule is CNC(=O)c1ccc(CN(C)C(=O)CN2C(=O)Cc3ccccc3C2=O)cc1. The predicted octanol–water partition coefficient (Wildman–Crippen LogP) is 1.23. The van der Waals surface area contributed by atoms with Gasteiger partial charge in [0.25, 0.3) is 11.8 Å². The van der Waals surface area contributed by atoms with Crippen molar-refractivity contribution in [1.82, 2.24) is 15.1 Å². The van der Waals surface area contributed by atoms with Crippen molar-refractivity contribution in [3.63, 3.8) is 0 Å². The first-order valence-electron chi connectivity index (χ1n) is 8.88. The normalized spacial score (nSPS) is 13.1. The lowest BCUT2D eigenvalue weighted by molar-refractivity contribution is -0.137. The summed E-state index contributed by atoms with van der Waals surface area (Å²) in [5.74, 6) is -1.33. The van der Waals surface area contributed by atoms with Crippen LogP contribution in [0.25, 0.3) is 0 Å². The molecule has 0 aromatic heterocycles. The molecule has 7 nitrogen and oxygen atoms in total. The molecule has 3 rings (SSSR count). The van der Waals surface area contributed by atoms with E-state index in [1.807, 2.05) is 0 Å². The third kappa shape index (κ3) is 3.93. The number of rotatable bonds is 5. The molecule has 0 aliphatic carbocycles. The lowest BCUT2D eigenvalue weighted by Gasteiger charge is -2.28. The van der Waals surface area contributed by atoms with Crippen LogP contribution in [0.4, 0.5) is 0 Å². The van der Waals surface area contributed by atoms with E-state index >= 15 is 0 Å². The summed E-state index contributed by atoms with van der Waals surface area (Å²) in [5.41, 5.74) is 2.52. The number of likely N-dealkylation sites (N-methyl/N-ethyl adjacent to an activating group) is 1. The molecule has 0 bridgehead atoms. The summed E-state index contributed by atoms with van der Waals surface area (Å²) < 4.78 is 0. The number of benzene rings is 2. The number of carbonyl (C=O) groups excluding carboxylic acids is 4. The molecule has 0 unspecified atom stereocenters. The topological polar surface area (TPSA) is 86.8 Å². The van der Waals surface area contributed by atoms with E-state index in [2.05, 4.69) is 5.32 Å². The van der Waals surface area contributed by atoms with Gasteiger partial charge in [0.05, 0.1) is 6.42 Å². The van der Waals surface area contributed by atoms with E-state index in [4.69, 9.17) is 0 Å². The van der Waals surface area contributed by atoms with Crippen molar-refractivity contribution >= 4 is 23.6 Å². The van der Waals surface area contributed by atoms with Crippen LogP contribution in [0.5, 0.6) is 0 Å². The average molecular weight is 379 g/mol. The highest BCUT2D eigenvalue weighted by Gasteiger charge is 2.32. The summed E-state index contributed by atoms with van der Waals surface area (Å²) in [6, 6.07) is 13.8. The number of carbonyl (C=O) groups is 4. The van der Waals surface area contributed by atoms with E-state index in [0.717, 1.165) is 10.5 Å². The molecule has 2 aromatic carbocycles. The van der Waals surface area contributed by atoms with E-state index in [1.54, 1.807) is 62.6 Å². The third-order valence-electron chi connectivity index (χ3n) is 4.72. The summed E-state index contributed by atoms with van der Waals surface area (Å²) in [6.45, 7) is 0.0124. The van der Waals surface area contributed by atoms with Crippen LogP contribution in [0.3, 0.4) is 0 Å². The zero-order valence-corrected chi connectivity index (χ0v) is 15.8. The maximum Gasteiger partial charge on any atom is 0.261 e. The molecule has 1 heterocycles. The predicted molar refractivity (Wildman–Crippen MR) is 102 cm³/mol. The first kappa shape index (κ1) is 19.3. The second-order valence-corrected chi connectivity index (χ2v) is 6.64. The lowest BCUT2D eigenvalue weighted by atomic mass is 9.98. The van der Waals surface area contributed by atoms with Crippen LogP contribution in [-0.4, -0.2) is 54.1 Å². The van der Waals surface area contributed by atoms with E-state index in [0.29, 0.717) is 23.2 Å². The zero-order chi connectivity index (χ0) is 20.3. The van der Waals surface area contributed by atoms with E-state index in [-0.39, 0.29) is 30.7 Å². The van der Waals surface area contributed by atoms with Crippen molar-refractivity contribution in [3.05, 3.63) is 70.8 Å². The minimum Gasteiger partial charge on any atom is -0.355 e. The fraction of sp³-hybridized carbons (Fsp3) is 0.238. The Hall–Kier alpha value is -3.48. The summed E-state index contributed by atoms with van der Waals surface area (Å²) in [4.78, 5) is 51.5. The van der Waals surface area contributed by atoms with Crippen LogP contribution in [-0.2, 0) is 22.6 Å². The first-order chi connectivity index (χ1) is 13.4. The molecule has 0 saturated heterocycles. The van der Waals surface area contributed by atoms with Gasteiger partial charge in [-0.3, -0.25) is 24.1 Å². The monoisotopic (exact) mass is 379 g/mol. The molecule has 2 aromatic rings. The van der Waals surface area contributed by atoms with Crippen molar-refractivity contribution in [2.45, 2.75) is 13.0 Å².